The van der Waals surface area contributed by atoms with Crippen LogP contribution in [0.2, 0.25) is 0 Å². The molecule has 0 radical (unpaired) electrons. The van der Waals surface area contributed by atoms with Crippen molar-refractivity contribution in [2.45, 2.75) is 39.3 Å². The Hall–Kier alpha value is -1.23. The van der Waals surface area contributed by atoms with E-state index in [1.165, 1.54) is 0 Å². The number of benzene rings is 1. The summed E-state index contributed by atoms with van der Waals surface area (Å²) in [6.07, 6.45) is 0. The van der Waals surface area contributed by atoms with Crippen molar-refractivity contribution >= 4 is 33.3 Å². The van der Waals surface area contributed by atoms with Gasteiger partial charge in [-0.2, -0.15) is 0 Å². The van der Waals surface area contributed by atoms with Crippen LogP contribution in [0.25, 0.3) is 0 Å². The van der Waals surface area contributed by atoms with Gasteiger partial charge in [0.2, 0.25) is 0 Å². The van der Waals surface area contributed by atoms with E-state index in [1.54, 1.807) is 13.0 Å². The molecule has 5 heteroatoms. The number of ether oxygens (including phenoxy) is 1. The van der Waals surface area contributed by atoms with E-state index in [-0.39, 0.29) is 5.97 Å². The maximum absolute atomic E-state index is 11.8. The molecule has 0 saturated heterocycles. The first kappa shape index (κ1) is 14.8. The first-order valence-electron chi connectivity index (χ1n) is 5.73. The lowest BCUT2D eigenvalue weighted by Gasteiger charge is -2.23. The molecule has 1 aromatic rings. The van der Waals surface area contributed by atoms with Gasteiger partial charge in [-0.1, -0.05) is 15.9 Å². The van der Waals surface area contributed by atoms with Crippen LogP contribution in [-0.2, 0) is 9.53 Å². The minimum Gasteiger partial charge on any atom is -0.458 e. The SMILES string of the molecule is CC(Nc1cc(Br)ccc1N)C(=O)OC(C)(C)C. The highest BCUT2D eigenvalue weighted by Gasteiger charge is 2.21. The van der Waals surface area contributed by atoms with Crippen LogP contribution in [0.1, 0.15) is 27.7 Å². The van der Waals surface area contributed by atoms with Gasteiger partial charge in [-0.15, -0.1) is 0 Å². The number of rotatable bonds is 3. The molecular formula is C13H19BrN2O2. The number of nitrogens with one attached hydrogen (secondary N) is 1. The van der Waals surface area contributed by atoms with Crippen LogP contribution >= 0.6 is 15.9 Å². The van der Waals surface area contributed by atoms with E-state index in [0.29, 0.717) is 11.4 Å². The molecule has 100 valence electrons. The molecule has 4 nitrogen and oxygen atoms in total. The molecule has 1 atom stereocenters. The molecule has 0 aliphatic rings. The number of halogens is 1. The molecule has 18 heavy (non-hydrogen) atoms. The second-order valence-electron chi connectivity index (χ2n) is 5.13. The van der Waals surface area contributed by atoms with Crippen LogP contribution in [0, 0.1) is 0 Å². The molecule has 0 saturated carbocycles. The zero-order chi connectivity index (χ0) is 13.9. The van der Waals surface area contributed by atoms with Crippen LogP contribution in [0.5, 0.6) is 0 Å². The van der Waals surface area contributed by atoms with Gasteiger partial charge in [0, 0.05) is 4.47 Å². The van der Waals surface area contributed by atoms with Crippen LogP contribution in [-0.4, -0.2) is 17.6 Å². The van der Waals surface area contributed by atoms with Gasteiger partial charge in [-0.05, 0) is 45.9 Å². The van der Waals surface area contributed by atoms with Crippen molar-refractivity contribution < 1.29 is 9.53 Å². The van der Waals surface area contributed by atoms with Gasteiger partial charge < -0.3 is 15.8 Å². The van der Waals surface area contributed by atoms with Gasteiger partial charge >= 0.3 is 5.97 Å². The Morgan fingerprint density at radius 1 is 1.44 bits per heavy atom. The average molecular weight is 315 g/mol. The van der Waals surface area contributed by atoms with E-state index in [1.807, 2.05) is 32.9 Å². The zero-order valence-corrected chi connectivity index (χ0v) is 12.7. The fourth-order valence-corrected chi connectivity index (χ4v) is 1.70. The fourth-order valence-electron chi connectivity index (χ4n) is 1.34. The van der Waals surface area contributed by atoms with Crippen molar-refractivity contribution in [3.05, 3.63) is 22.7 Å². The summed E-state index contributed by atoms with van der Waals surface area (Å²) < 4.78 is 6.19. The smallest absolute Gasteiger partial charge is 0.328 e. The van der Waals surface area contributed by atoms with Crippen molar-refractivity contribution in [2.75, 3.05) is 11.1 Å². The highest BCUT2D eigenvalue weighted by Crippen LogP contribution is 2.24. The fraction of sp³-hybridized carbons (Fsp3) is 0.462. The number of anilines is 2. The Bertz CT molecular complexity index is 441. The van der Waals surface area contributed by atoms with E-state index >= 15 is 0 Å². The maximum atomic E-state index is 11.8. The van der Waals surface area contributed by atoms with Crippen molar-refractivity contribution in [1.29, 1.82) is 0 Å². The second-order valence-corrected chi connectivity index (χ2v) is 6.05. The van der Waals surface area contributed by atoms with Crippen molar-refractivity contribution in [2.24, 2.45) is 0 Å². The van der Waals surface area contributed by atoms with Gasteiger partial charge in [0.05, 0.1) is 11.4 Å². The first-order valence-corrected chi connectivity index (χ1v) is 6.53. The molecule has 0 spiro atoms. The second kappa shape index (κ2) is 5.61. The standard InChI is InChI=1S/C13H19BrN2O2/c1-8(12(17)18-13(2,3)4)16-11-7-9(14)5-6-10(11)15/h5-8,16H,15H2,1-4H3. The normalized spacial score (nSPS) is 12.9. The molecule has 1 aromatic carbocycles. The first-order chi connectivity index (χ1) is 8.19. The minimum absolute atomic E-state index is 0.304. The summed E-state index contributed by atoms with van der Waals surface area (Å²) in [4.78, 5) is 11.8. The molecule has 0 aliphatic heterocycles. The van der Waals surface area contributed by atoms with Gasteiger partial charge in [-0.3, -0.25) is 0 Å². The molecule has 3 N–H and O–H groups in total. The monoisotopic (exact) mass is 314 g/mol. The summed E-state index contributed by atoms with van der Waals surface area (Å²) in [5.74, 6) is -0.304. The number of esters is 1. The van der Waals surface area contributed by atoms with Crippen molar-refractivity contribution in [3.63, 3.8) is 0 Å². The van der Waals surface area contributed by atoms with Crippen molar-refractivity contribution in [3.8, 4) is 0 Å². The molecule has 0 aliphatic carbocycles. The van der Waals surface area contributed by atoms with Crippen molar-refractivity contribution in [1.82, 2.24) is 0 Å². The number of carbonyl (C=O) groups excluding carboxylic acids is 1. The molecule has 0 bridgehead atoms. The Morgan fingerprint density at radius 2 is 2.06 bits per heavy atom. The topological polar surface area (TPSA) is 64.3 Å². The number of nitrogen functional groups attached to an aromatic ring is 1. The summed E-state index contributed by atoms with van der Waals surface area (Å²) >= 11 is 3.36. The van der Waals surface area contributed by atoms with Crippen LogP contribution in [0.4, 0.5) is 11.4 Å². The third-order valence-corrected chi connectivity index (χ3v) is 2.64. The molecular weight excluding hydrogens is 296 g/mol. The largest absolute Gasteiger partial charge is 0.458 e. The zero-order valence-electron chi connectivity index (χ0n) is 11.1. The lowest BCUT2D eigenvalue weighted by molar-refractivity contribution is -0.155. The third kappa shape index (κ3) is 4.56. The number of hydrogen-bond acceptors (Lipinski definition) is 4. The molecule has 0 fully saturated rings. The van der Waals surface area contributed by atoms with Gasteiger partial charge in [0.15, 0.2) is 0 Å². The molecule has 1 unspecified atom stereocenters. The van der Waals surface area contributed by atoms with E-state index in [2.05, 4.69) is 21.2 Å². The quantitative estimate of drug-likeness (QED) is 0.664. The summed E-state index contributed by atoms with van der Waals surface area (Å²) in [6, 6.07) is 4.99. The number of hydrogen-bond donors (Lipinski definition) is 2. The lowest BCUT2D eigenvalue weighted by atomic mass is 10.2. The maximum Gasteiger partial charge on any atom is 0.328 e. The number of carbonyl (C=O) groups is 1. The Kier molecular flexibility index (Phi) is 4.62. The van der Waals surface area contributed by atoms with E-state index in [0.717, 1.165) is 4.47 Å². The molecule has 1 rings (SSSR count). The summed E-state index contributed by atoms with van der Waals surface area (Å²) in [5, 5.41) is 3.04. The van der Waals surface area contributed by atoms with Gasteiger partial charge in [0.25, 0.3) is 0 Å². The predicted octanol–water partition coefficient (Wildman–Crippen LogP) is 3.17. The van der Waals surface area contributed by atoms with Gasteiger partial charge in [-0.25, -0.2) is 4.79 Å². The molecule has 0 amide bonds. The summed E-state index contributed by atoms with van der Waals surface area (Å²) in [5.41, 5.74) is 6.64. The van der Waals surface area contributed by atoms with Crippen LogP contribution in [0.15, 0.2) is 22.7 Å². The summed E-state index contributed by atoms with van der Waals surface area (Å²) in [7, 11) is 0. The average Bonchev–Trinajstić information content (AvgIpc) is 2.21. The summed E-state index contributed by atoms with van der Waals surface area (Å²) in [6.45, 7) is 7.26. The Labute approximate surface area is 116 Å². The van der Waals surface area contributed by atoms with E-state index in [4.69, 9.17) is 10.5 Å². The predicted molar refractivity (Wildman–Crippen MR) is 77.5 cm³/mol. The highest BCUT2D eigenvalue weighted by molar-refractivity contribution is 9.10. The lowest BCUT2D eigenvalue weighted by Crippen LogP contribution is -2.34. The van der Waals surface area contributed by atoms with E-state index < -0.39 is 11.6 Å². The number of nitrogens with two attached hydrogens (primary N) is 1. The molecule has 0 aromatic heterocycles. The minimum atomic E-state index is -0.490. The van der Waals surface area contributed by atoms with Gasteiger partial charge in [0.1, 0.15) is 11.6 Å². The Morgan fingerprint density at radius 3 is 2.61 bits per heavy atom. The Balaban J connectivity index is 2.72. The van der Waals surface area contributed by atoms with Crippen LogP contribution in [0.3, 0.4) is 0 Å². The van der Waals surface area contributed by atoms with Crippen LogP contribution < -0.4 is 11.1 Å². The third-order valence-electron chi connectivity index (χ3n) is 2.15. The highest BCUT2D eigenvalue weighted by atomic mass is 79.9. The molecule has 0 heterocycles. The van der Waals surface area contributed by atoms with E-state index in [9.17, 15) is 4.79 Å².